The molecule has 1 aliphatic carbocycles. The number of nitrogens with zero attached hydrogens (tertiary/aromatic N) is 1. The van der Waals surface area contributed by atoms with Crippen molar-refractivity contribution in [2.75, 3.05) is 19.6 Å². The van der Waals surface area contributed by atoms with Crippen LogP contribution in [0.15, 0.2) is 0 Å². The standard InChI is InChI=1S/C14H29N3/c1-4-9-17(11-12-6-7-12)10-5-8-14(2,3)13(15)16/h12H,4-11H2,1-3H3,(H3,15,16). The molecule has 3 heteroatoms. The summed E-state index contributed by atoms with van der Waals surface area (Å²) in [5.41, 5.74) is 5.48. The monoisotopic (exact) mass is 239 g/mol. The highest BCUT2D eigenvalue weighted by molar-refractivity contribution is 5.82. The molecule has 17 heavy (non-hydrogen) atoms. The SMILES string of the molecule is CCCN(CCCC(C)(C)C(=N)N)CC1CC1. The van der Waals surface area contributed by atoms with E-state index in [4.69, 9.17) is 11.1 Å². The van der Waals surface area contributed by atoms with Gasteiger partial charge < -0.3 is 10.6 Å². The maximum atomic E-state index is 7.55. The van der Waals surface area contributed by atoms with Gasteiger partial charge in [0.15, 0.2) is 0 Å². The minimum atomic E-state index is -0.128. The average molecular weight is 239 g/mol. The molecule has 0 heterocycles. The van der Waals surface area contributed by atoms with Crippen LogP contribution in [0.25, 0.3) is 0 Å². The van der Waals surface area contributed by atoms with E-state index in [2.05, 4.69) is 25.7 Å². The summed E-state index contributed by atoms with van der Waals surface area (Å²) in [4.78, 5) is 2.59. The van der Waals surface area contributed by atoms with E-state index in [9.17, 15) is 0 Å². The molecule has 1 aliphatic rings. The smallest absolute Gasteiger partial charge is 0.0963 e. The second kappa shape index (κ2) is 6.39. The Hall–Kier alpha value is -0.570. The van der Waals surface area contributed by atoms with E-state index in [0.717, 1.165) is 18.8 Å². The number of nitrogens with one attached hydrogen (secondary N) is 1. The molecule has 0 atom stereocenters. The summed E-state index contributed by atoms with van der Waals surface area (Å²) in [6.45, 7) is 10.1. The fourth-order valence-corrected chi connectivity index (χ4v) is 2.16. The van der Waals surface area contributed by atoms with Gasteiger partial charge in [-0.1, -0.05) is 20.8 Å². The topological polar surface area (TPSA) is 53.1 Å². The Morgan fingerprint density at radius 2 is 2.00 bits per heavy atom. The second-order valence-electron chi connectivity index (χ2n) is 6.15. The van der Waals surface area contributed by atoms with Crippen LogP contribution in [0.4, 0.5) is 0 Å². The van der Waals surface area contributed by atoms with Gasteiger partial charge in [-0.2, -0.15) is 0 Å². The van der Waals surface area contributed by atoms with Crippen molar-refractivity contribution >= 4 is 5.84 Å². The number of nitrogens with two attached hydrogens (primary N) is 1. The Morgan fingerprint density at radius 1 is 1.35 bits per heavy atom. The molecular formula is C14H29N3. The van der Waals surface area contributed by atoms with Crippen LogP contribution >= 0.6 is 0 Å². The van der Waals surface area contributed by atoms with Crippen LogP contribution in [0.3, 0.4) is 0 Å². The molecule has 0 unspecified atom stereocenters. The van der Waals surface area contributed by atoms with Gasteiger partial charge in [0.05, 0.1) is 5.84 Å². The van der Waals surface area contributed by atoms with Gasteiger partial charge in [0.25, 0.3) is 0 Å². The first-order chi connectivity index (χ1) is 7.95. The van der Waals surface area contributed by atoms with Crippen molar-refractivity contribution in [2.24, 2.45) is 17.1 Å². The van der Waals surface area contributed by atoms with Gasteiger partial charge in [-0.05, 0) is 51.1 Å². The third-order valence-corrected chi connectivity index (χ3v) is 3.76. The molecule has 100 valence electrons. The van der Waals surface area contributed by atoms with E-state index in [1.165, 1.54) is 38.9 Å². The summed E-state index contributed by atoms with van der Waals surface area (Å²) in [7, 11) is 0. The zero-order valence-corrected chi connectivity index (χ0v) is 11.8. The van der Waals surface area contributed by atoms with Gasteiger partial charge >= 0.3 is 0 Å². The second-order valence-corrected chi connectivity index (χ2v) is 6.15. The Morgan fingerprint density at radius 3 is 2.47 bits per heavy atom. The van der Waals surface area contributed by atoms with Gasteiger partial charge in [-0.3, -0.25) is 5.41 Å². The van der Waals surface area contributed by atoms with Gasteiger partial charge in [-0.25, -0.2) is 0 Å². The fraction of sp³-hybridized carbons (Fsp3) is 0.929. The third kappa shape index (κ3) is 5.53. The summed E-state index contributed by atoms with van der Waals surface area (Å²) >= 11 is 0. The van der Waals surface area contributed by atoms with Crippen LogP contribution in [0.5, 0.6) is 0 Å². The lowest BCUT2D eigenvalue weighted by Gasteiger charge is -2.26. The van der Waals surface area contributed by atoms with E-state index in [1.807, 2.05) is 0 Å². The minimum Gasteiger partial charge on any atom is -0.387 e. The lowest BCUT2D eigenvalue weighted by atomic mass is 9.86. The van der Waals surface area contributed by atoms with E-state index >= 15 is 0 Å². The molecule has 1 fully saturated rings. The molecular weight excluding hydrogens is 210 g/mol. The highest BCUT2D eigenvalue weighted by Crippen LogP contribution is 2.30. The van der Waals surface area contributed by atoms with E-state index in [0.29, 0.717) is 5.84 Å². The minimum absolute atomic E-state index is 0.128. The molecule has 0 aliphatic heterocycles. The molecule has 0 spiro atoms. The maximum Gasteiger partial charge on any atom is 0.0963 e. The molecule has 0 saturated heterocycles. The largest absolute Gasteiger partial charge is 0.387 e. The number of hydrogen-bond acceptors (Lipinski definition) is 2. The predicted octanol–water partition coefficient (Wildman–Crippen LogP) is 2.85. The van der Waals surface area contributed by atoms with Crippen molar-refractivity contribution in [2.45, 2.75) is 52.9 Å². The van der Waals surface area contributed by atoms with Crippen molar-refractivity contribution in [1.82, 2.24) is 4.90 Å². The van der Waals surface area contributed by atoms with Gasteiger partial charge in [0.1, 0.15) is 0 Å². The lowest BCUT2D eigenvalue weighted by Crippen LogP contribution is -2.33. The van der Waals surface area contributed by atoms with Crippen LogP contribution in [0.1, 0.15) is 52.9 Å². The quantitative estimate of drug-likeness (QED) is 0.480. The Bertz CT molecular complexity index is 244. The summed E-state index contributed by atoms with van der Waals surface area (Å²) in [6, 6.07) is 0. The molecule has 0 bridgehead atoms. The molecule has 0 aromatic heterocycles. The van der Waals surface area contributed by atoms with E-state index < -0.39 is 0 Å². The van der Waals surface area contributed by atoms with Crippen molar-refractivity contribution in [1.29, 1.82) is 5.41 Å². The van der Waals surface area contributed by atoms with Crippen LogP contribution in [-0.4, -0.2) is 30.4 Å². The maximum absolute atomic E-state index is 7.55. The first-order valence-corrected chi connectivity index (χ1v) is 7.02. The Balaban J connectivity index is 2.23. The third-order valence-electron chi connectivity index (χ3n) is 3.76. The van der Waals surface area contributed by atoms with Crippen LogP contribution < -0.4 is 5.73 Å². The van der Waals surface area contributed by atoms with Gasteiger partial charge in [-0.15, -0.1) is 0 Å². The van der Waals surface area contributed by atoms with Crippen LogP contribution in [0, 0.1) is 16.7 Å². The summed E-state index contributed by atoms with van der Waals surface area (Å²) in [6.07, 6.45) is 6.27. The Labute approximate surface area is 106 Å². The Kier molecular flexibility index (Phi) is 5.44. The van der Waals surface area contributed by atoms with Crippen molar-refractivity contribution in [3.05, 3.63) is 0 Å². The van der Waals surface area contributed by atoms with E-state index in [-0.39, 0.29) is 5.41 Å². The number of hydrogen-bond donors (Lipinski definition) is 2. The van der Waals surface area contributed by atoms with E-state index in [1.54, 1.807) is 0 Å². The van der Waals surface area contributed by atoms with Crippen molar-refractivity contribution < 1.29 is 0 Å². The fourth-order valence-electron chi connectivity index (χ4n) is 2.16. The average Bonchev–Trinajstić information content (AvgIpc) is 3.01. The molecule has 0 amide bonds. The summed E-state index contributed by atoms with van der Waals surface area (Å²) in [5, 5.41) is 7.55. The molecule has 0 radical (unpaired) electrons. The molecule has 3 N–H and O–H groups in total. The van der Waals surface area contributed by atoms with Crippen LogP contribution in [0.2, 0.25) is 0 Å². The van der Waals surface area contributed by atoms with Gasteiger partial charge in [0, 0.05) is 12.0 Å². The highest BCUT2D eigenvalue weighted by atomic mass is 15.1. The number of rotatable bonds is 9. The van der Waals surface area contributed by atoms with Gasteiger partial charge in [0.2, 0.25) is 0 Å². The molecule has 3 nitrogen and oxygen atoms in total. The molecule has 0 aromatic carbocycles. The lowest BCUT2D eigenvalue weighted by molar-refractivity contribution is 0.248. The van der Waals surface area contributed by atoms with Crippen molar-refractivity contribution in [3.63, 3.8) is 0 Å². The van der Waals surface area contributed by atoms with Crippen molar-refractivity contribution in [3.8, 4) is 0 Å². The predicted molar refractivity (Wildman–Crippen MR) is 74.4 cm³/mol. The highest BCUT2D eigenvalue weighted by Gasteiger charge is 2.25. The molecule has 1 saturated carbocycles. The normalized spacial score (nSPS) is 16.5. The molecule has 1 rings (SSSR count). The first kappa shape index (κ1) is 14.5. The zero-order chi connectivity index (χ0) is 12.9. The summed E-state index contributed by atoms with van der Waals surface area (Å²) < 4.78 is 0. The summed E-state index contributed by atoms with van der Waals surface area (Å²) in [5.74, 6) is 1.30. The van der Waals surface area contributed by atoms with Crippen LogP contribution in [-0.2, 0) is 0 Å². The first-order valence-electron chi connectivity index (χ1n) is 7.02. The molecule has 0 aromatic rings. The zero-order valence-electron chi connectivity index (χ0n) is 11.8. The number of amidine groups is 1.